The van der Waals surface area contributed by atoms with E-state index < -0.39 is 0 Å². The summed E-state index contributed by atoms with van der Waals surface area (Å²) in [6.07, 6.45) is 0.667. The van der Waals surface area contributed by atoms with Gasteiger partial charge >= 0.3 is 0 Å². The molecule has 0 atom stereocenters. The van der Waals surface area contributed by atoms with Crippen LogP contribution in [0.3, 0.4) is 0 Å². The van der Waals surface area contributed by atoms with E-state index in [1.165, 1.54) is 22.7 Å². The number of nitrogens with two attached hydrogens (primary N) is 1. The van der Waals surface area contributed by atoms with Crippen molar-refractivity contribution < 1.29 is 4.79 Å². The summed E-state index contributed by atoms with van der Waals surface area (Å²) in [5.74, 6) is -0.298. The number of nitrogens with zero attached hydrogens (tertiary/aromatic N) is 2. The molecule has 0 spiro atoms. The van der Waals surface area contributed by atoms with E-state index in [9.17, 15) is 4.79 Å². The molecule has 18 heavy (non-hydrogen) atoms. The van der Waals surface area contributed by atoms with Gasteiger partial charge < -0.3 is 11.1 Å². The van der Waals surface area contributed by atoms with Crippen LogP contribution in [0.1, 0.15) is 21.1 Å². The topological polar surface area (TPSA) is 91.8 Å². The minimum absolute atomic E-state index is 0.298. The Balaban J connectivity index is 2.10. The van der Waals surface area contributed by atoms with Crippen LogP contribution in [-0.4, -0.2) is 17.4 Å². The van der Waals surface area contributed by atoms with Crippen LogP contribution in [0.4, 0.5) is 5.00 Å². The Morgan fingerprint density at radius 1 is 1.56 bits per heavy atom. The van der Waals surface area contributed by atoms with Gasteiger partial charge in [-0.15, -0.1) is 22.7 Å². The van der Waals surface area contributed by atoms with E-state index in [1.807, 2.05) is 6.07 Å². The number of carbonyl (C=O) groups excluding carboxylic acids is 1. The molecule has 1 amide bonds. The molecule has 92 valence electrons. The quantitative estimate of drug-likeness (QED) is 0.892. The third-order valence-corrected chi connectivity index (χ3v) is 3.89. The summed E-state index contributed by atoms with van der Waals surface area (Å²) in [7, 11) is 0. The average molecular weight is 278 g/mol. The van der Waals surface area contributed by atoms with Crippen LogP contribution < -0.4 is 11.1 Å². The lowest BCUT2D eigenvalue weighted by Gasteiger charge is -1.99. The first-order valence-electron chi connectivity index (χ1n) is 5.18. The molecule has 0 aromatic carbocycles. The fourth-order valence-electron chi connectivity index (χ4n) is 1.31. The summed E-state index contributed by atoms with van der Waals surface area (Å²) in [6.45, 7) is 0.512. The number of hydrogen-bond donors (Lipinski definition) is 2. The maximum Gasteiger partial charge on any atom is 0.275 e. The van der Waals surface area contributed by atoms with Gasteiger partial charge in [-0.1, -0.05) is 0 Å². The zero-order valence-corrected chi connectivity index (χ0v) is 11.0. The normalized spacial score (nSPS) is 10.0. The van der Waals surface area contributed by atoms with Crippen molar-refractivity contribution in [1.82, 2.24) is 4.98 Å². The van der Waals surface area contributed by atoms with Crippen LogP contribution >= 0.6 is 22.7 Å². The van der Waals surface area contributed by atoms with Crippen LogP contribution in [0.5, 0.6) is 0 Å². The summed E-state index contributed by atoms with van der Waals surface area (Å²) in [5, 5.41) is 16.4. The second-order valence-electron chi connectivity index (χ2n) is 3.39. The Labute approximate surface area is 112 Å². The van der Waals surface area contributed by atoms with Crippen molar-refractivity contribution in [2.75, 3.05) is 11.9 Å². The highest BCUT2D eigenvalue weighted by molar-refractivity contribution is 7.14. The molecule has 2 heterocycles. The molecular formula is C11H10N4OS2. The molecule has 0 saturated heterocycles. The van der Waals surface area contributed by atoms with Crippen molar-refractivity contribution in [3.63, 3.8) is 0 Å². The summed E-state index contributed by atoms with van der Waals surface area (Å²) in [4.78, 5) is 16.1. The lowest BCUT2D eigenvalue weighted by Crippen LogP contribution is -2.12. The molecule has 7 heteroatoms. The Morgan fingerprint density at radius 2 is 2.39 bits per heavy atom. The predicted molar refractivity (Wildman–Crippen MR) is 71.9 cm³/mol. The van der Waals surface area contributed by atoms with Crippen LogP contribution in [-0.2, 0) is 6.42 Å². The van der Waals surface area contributed by atoms with Crippen LogP contribution in [0.25, 0.3) is 0 Å². The molecule has 3 N–H and O–H groups in total. The monoisotopic (exact) mass is 278 g/mol. The molecule has 0 radical (unpaired) electrons. The van der Waals surface area contributed by atoms with E-state index in [4.69, 9.17) is 11.0 Å². The van der Waals surface area contributed by atoms with Crippen molar-refractivity contribution in [2.45, 2.75) is 6.42 Å². The number of aromatic nitrogens is 1. The van der Waals surface area contributed by atoms with E-state index in [0.717, 1.165) is 5.01 Å². The van der Waals surface area contributed by atoms with Gasteiger partial charge in [0.2, 0.25) is 0 Å². The van der Waals surface area contributed by atoms with Gasteiger partial charge in [0, 0.05) is 11.8 Å². The number of nitriles is 1. The lowest BCUT2D eigenvalue weighted by molar-refractivity contribution is 0.102. The molecule has 2 rings (SSSR count). The van der Waals surface area contributed by atoms with Gasteiger partial charge in [-0.25, -0.2) is 4.98 Å². The van der Waals surface area contributed by atoms with Gasteiger partial charge in [0.05, 0.1) is 10.6 Å². The molecule has 0 aliphatic carbocycles. The molecule has 0 unspecified atom stereocenters. The van der Waals surface area contributed by atoms with Gasteiger partial charge in [-0.05, 0) is 18.0 Å². The summed E-state index contributed by atoms with van der Waals surface area (Å²) in [6, 6.07) is 3.69. The van der Waals surface area contributed by atoms with Crippen molar-refractivity contribution in [3.05, 3.63) is 33.1 Å². The molecule has 5 nitrogen and oxygen atoms in total. The Hall–Kier alpha value is -1.75. The number of nitrogens with one attached hydrogen (secondary N) is 1. The maximum atomic E-state index is 11.9. The zero-order chi connectivity index (χ0) is 13.0. The Morgan fingerprint density at radius 3 is 3.11 bits per heavy atom. The first-order valence-corrected chi connectivity index (χ1v) is 6.94. The lowest BCUT2D eigenvalue weighted by atomic mass is 10.3. The molecule has 0 fully saturated rings. The number of hydrogen-bond acceptors (Lipinski definition) is 6. The fraction of sp³-hybridized carbons (Fsp3) is 0.182. The Kier molecular flexibility index (Phi) is 4.04. The minimum atomic E-state index is -0.298. The predicted octanol–water partition coefficient (Wildman–Crippen LogP) is 1.83. The van der Waals surface area contributed by atoms with Gasteiger partial charge in [-0.3, -0.25) is 4.79 Å². The van der Waals surface area contributed by atoms with Crippen LogP contribution in [0, 0.1) is 11.3 Å². The SMILES string of the molecule is N#Cc1ccsc1NC(=O)c1csc(CCN)n1. The van der Waals surface area contributed by atoms with Gasteiger partial charge in [0.1, 0.15) is 16.8 Å². The largest absolute Gasteiger partial charge is 0.330 e. The molecule has 2 aromatic rings. The van der Waals surface area contributed by atoms with E-state index in [0.29, 0.717) is 29.2 Å². The van der Waals surface area contributed by atoms with Gasteiger partial charge in [0.15, 0.2) is 0 Å². The molecule has 0 aliphatic rings. The number of thiazole rings is 1. The molecule has 0 saturated carbocycles. The van der Waals surface area contributed by atoms with Crippen LogP contribution in [0.15, 0.2) is 16.8 Å². The highest BCUT2D eigenvalue weighted by atomic mass is 32.1. The second kappa shape index (κ2) is 5.73. The van der Waals surface area contributed by atoms with Crippen molar-refractivity contribution in [2.24, 2.45) is 5.73 Å². The molecule has 0 aliphatic heterocycles. The second-order valence-corrected chi connectivity index (χ2v) is 5.25. The minimum Gasteiger partial charge on any atom is -0.330 e. The molecular weight excluding hydrogens is 268 g/mol. The third kappa shape index (κ3) is 2.73. The number of carbonyl (C=O) groups is 1. The van der Waals surface area contributed by atoms with E-state index in [1.54, 1.807) is 16.8 Å². The maximum absolute atomic E-state index is 11.9. The van der Waals surface area contributed by atoms with Gasteiger partial charge in [0.25, 0.3) is 5.91 Å². The molecule has 0 bridgehead atoms. The van der Waals surface area contributed by atoms with Crippen molar-refractivity contribution in [3.8, 4) is 6.07 Å². The summed E-state index contributed by atoms with van der Waals surface area (Å²) >= 11 is 2.73. The number of thiophene rings is 1. The molecule has 2 aromatic heterocycles. The average Bonchev–Trinajstić information content (AvgIpc) is 2.98. The zero-order valence-electron chi connectivity index (χ0n) is 9.34. The number of rotatable bonds is 4. The smallest absolute Gasteiger partial charge is 0.275 e. The van der Waals surface area contributed by atoms with E-state index in [2.05, 4.69) is 10.3 Å². The number of anilines is 1. The van der Waals surface area contributed by atoms with Crippen molar-refractivity contribution in [1.29, 1.82) is 5.26 Å². The number of amides is 1. The van der Waals surface area contributed by atoms with Gasteiger partial charge in [-0.2, -0.15) is 5.26 Å². The highest BCUT2D eigenvalue weighted by Gasteiger charge is 2.13. The third-order valence-electron chi connectivity index (χ3n) is 2.16. The fourth-order valence-corrected chi connectivity index (χ4v) is 2.84. The van der Waals surface area contributed by atoms with E-state index >= 15 is 0 Å². The first kappa shape index (κ1) is 12.7. The van der Waals surface area contributed by atoms with Crippen LogP contribution in [0.2, 0.25) is 0 Å². The highest BCUT2D eigenvalue weighted by Crippen LogP contribution is 2.23. The summed E-state index contributed by atoms with van der Waals surface area (Å²) in [5.41, 5.74) is 6.25. The Bertz CT molecular complexity index is 596. The summed E-state index contributed by atoms with van der Waals surface area (Å²) < 4.78 is 0. The van der Waals surface area contributed by atoms with Crippen molar-refractivity contribution >= 4 is 33.6 Å². The first-order chi connectivity index (χ1) is 8.74. The van der Waals surface area contributed by atoms with E-state index in [-0.39, 0.29) is 5.91 Å². The standard InChI is InChI=1S/C11H10N4OS2/c12-3-1-9-14-8(6-18-9)10(16)15-11-7(5-13)2-4-17-11/h2,4,6H,1,3,12H2,(H,15,16).